The number of rotatable bonds is 6. The molecule has 142 valence electrons. The fraction of sp³-hybridized carbons (Fsp3) is 0.562. The molecule has 3 rings (SSSR count). The minimum atomic E-state index is -4.57. The first-order valence-electron chi connectivity index (χ1n) is 8.36. The largest absolute Gasteiger partial charge is 0.436 e. The van der Waals surface area contributed by atoms with Gasteiger partial charge in [0.1, 0.15) is 6.54 Å². The normalized spacial score (nSPS) is 15.9. The van der Waals surface area contributed by atoms with Crippen molar-refractivity contribution >= 4 is 21.8 Å². The second kappa shape index (κ2) is 7.05. The molecule has 1 N–H and O–H groups in total. The first-order chi connectivity index (χ1) is 12.2. The third-order valence-corrected chi connectivity index (χ3v) is 5.05. The number of halogens is 4. The Morgan fingerprint density at radius 3 is 2.65 bits per heavy atom. The maximum absolute atomic E-state index is 13.1. The fourth-order valence-corrected chi connectivity index (χ4v) is 3.62. The Balaban J connectivity index is 1.74. The molecule has 2 aromatic heterocycles. The number of amides is 1. The Hall–Kier alpha value is -1.84. The van der Waals surface area contributed by atoms with Crippen LogP contribution in [0, 0.1) is 0 Å². The Morgan fingerprint density at radius 1 is 1.42 bits per heavy atom. The number of nitrogens with zero attached hydrogens (tertiary/aromatic N) is 4. The van der Waals surface area contributed by atoms with Gasteiger partial charge in [-0.15, -0.1) is 0 Å². The number of carbonyl (C=O) groups is 1. The van der Waals surface area contributed by atoms with E-state index in [1.165, 1.54) is 0 Å². The van der Waals surface area contributed by atoms with Crippen molar-refractivity contribution in [3.05, 3.63) is 33.8 Å². The van der Waals surface area contributed by atoms with E-state index in [1.54, 1.807) is 17.7 Å². The molecule has 2 heterocycles. The van der Waals surface area contributed by atoms with Gasteiger partial charge in [0, 0.05) is 18.7 Å². The van der Waals surface area contributed by atoms with Crippen LogP contribution in [-0.2, 0) is 24.1 Å². The number of hydrogen-bond acceptors (Lipinski definition) is 3. The molecular weight excluding hydrogens is 415 g/mol. The smallest absolute Gasteiger partial charge is 0.346 e. The van der Waals surface area contributed by atoms with Crippen LogP contribution < -0.4 is 5.32 Å². The van der Waals surface area contributed by atoms with Gasteiger partial charge in [-0.1, -0.05) is 0 Å². The van der Waals surface area contributed by atoms with Crippen LogP contribution in [0.4, 0.5) is 13.2 Å². The Labute approximate surface area is 156 Å². The highest BCUT2D eigenvalue weighted by atomic mass is 79.9. The predicted octanol–water partition coefficient (Wildman–Crippen LogP) is 3.64. The molecular formula is C16H19BrF3N5O. The van der Waals surface area contributed by atoms with Crippen molar-refractivity contribution in [3.63, 3.8) is 0 Å². The molecule has 2 aromatic rings. The predicted molar refractivity (Wildman–Crippen MR) is 91.4 cm³/mol. The average molecular weight is 434 g/mol. The first kappa shape index (κ1) is 18.9. The van der Waals surface area contributed by atoms with E-state index < -0.39 is 17.8 Å². The van der Waals surface area contributed by atoms with Crippen LogP contribution in [0.3, 0.4) is 0 Å². The number of aryl methyl sites for hydroxylation is 1. The number of nitrogens with one attached hydrogen (secondary N) is 1. The van der Waals surface area contributed by atoms with Crippen LogP contribution in [0.5, 0.6) is 0 Å². The molecule has 1 saturated carbocycles. The highest BCUT2D eigenvalue weighted by Crippen LogP contribution is 2.46. The molecule has 0 saturated heterocycles. The fourth-order valence-electron chi connectivity index (χ4n) is 2.78. The molecule has 1 atom stereocenters. The van der Waals surface area contributed by atoms with Gasteiger partial charge in [0.05, 0.1) is 21.9 Å². The van der Waals surface area contributed by atoms with Gasteiger partial charge in [-0.2, -0.15) is 23.4 Å². The van der Waals surface area contributed by atoms with Gasteiger partial charge in [-0.25, -0.2) is 0 Å². The van der Waals surface area contributed by atoms with Crippen molar-refractivity contribution in [1.29, 1.82) is 0 Å². The summed E-state index contributed by atoms with van der Waals surface area (Å²) in [5.41, 5.74) is 0.151. The average Bonchev–Trinajstić information content (AvgIpc) is 3.15. The van der Waals surface area contributed by atoms with Crippen molar-refractivity contribution < 1.29 is 18.0 Å². The highest BCUT2D eigenvalue weighted by molar-refractivity contribution is 9.10. The zero-order chi connectivity index (χ0) is 19.1. The monoisotopic (exact) mass is 433 g/mol. The summed E-state index contributed by atoms with van der Waals surface area (Å²) in [6.45, 7) is 4.18. The van der Waals surface area contributed by atoms with Gasteiger partial charge >= 0.3 is 6.18 Å². The minimum absolute atomic E-state index is 0.0125. The van der Waals surface area contributed by atoms with Crippen LogP contribution in [-0.4, -0.2) is 25.5 Å². The lowest BCUT2D eigenvalue weighted by Crippen LogP contribution is -2.31. The molecule has 26 heavy (non-hydrogen) atoms. The van der Waals surface area contributed by atoms with E-state index in [1.807, 2.05) is 13.1 Å². The molecule has 1 fully saturated rings. The van der Waals surface area contributed by atoms with E-state index in [2.05, 4.69) is 31.4 Å². The van der Waals surface area contributed by atoms with E-state index >= 15 is 0 Å². The lowest BCUT2D eigenvalue weighted by molar-refractivity contribution is -0.142. The van der Waals surface area contributed by atoms with E-state index in [4.69, 9.17) is 0 Å². The molecule has 1 aliphatic carbocycles. The molecule has 1 amide bonds. The maximum Gasteiger partial charge on any atom is 0.436 e. The van der Waals surface area contributed by atoms with Crippen molar-refractivity contribution in [2.75, 3.05) is 0 Å². The molecule has 6 nitrogen and oxygen atoms in total. The van der Waals surface area contributed by atoms with Gasteiger partial charge in [0.15, 0.2) is 5.69 Å². The Kier molecular flexibility index (Phi) is 5.14. The third kappa shape index (κ3) is 3.94. The second-order valence-electron chi connectivity index (χ2n) is 6.36. The molecule has 0 aromatic carbocycles. The van der Waals surface area contributed by atoms with Crippen LogP contribution in [0.1, 0.15) is 55.7 Å². The van der Waals surface area contributed by atoms with E-state index in [-0.39, 0.29) is 23.0 Å². The summed E-state index contributed by atoms with van der Waals surface area (Å²) in [5, 5.41) is 10.7. The van der Waals surface area contributed by atoms with Crippen LogP contribution in [0.15, 0.2) is 16.7 Å². The van der Waals surface area contributed by atoms with E-state index in [0.717, 1.165) is 17.5 Å². The van der Waals surface area contributed by atoms with E-state index in [9.17, 15) is 18.0 Å². The second-order valence-corrected chi connectivity index (χ2v) is 7.16. The number of aromatic nitrogens is 4. The number of alkyl halides is 3. The Morgan fingerprint density at radius 2 is 2.12 bits per heavy atom. The SMILES string of the molecule is CCn1ccc(C(C)NC(=O)Cn2nc(C(F)(F)F)c(Br)c2C2CC2)n1. The summed E-state index contributed by atoms with van der Waals surface area (Å²) in [7, 11) is 0. The summed E-state index contributed by atoms with van der Waals surface area (Å²) >= 11 is 3.02. The minimum Gasteiger partial charge on any atom is -0.346 e. The molecule has 1 aliphatic rings. The molecule has 0 radical (unpaired) electrons. The molecule has 0 aliphatic heterocycles. The highest BCUT2D eigenvalue weighted by Gasteiger charge is 2.42. The molecule has 10 heteroatoms. The van der Waals surface area contributed by atoms with Crippen LogP contribution in [0.2, 0.25) is 0 Å². The maximum atomic E-state index is 13.1. The van der Waals surface area contributed by atoms with Crippen LogP contribution in [0.25, 0.3) is 0 Å². The topological polar surface area (TPSA) is 64.7 Å². The zero-order valence-electron chi connectivity index (χ0n) is 14.3. The number of hydrogen-bond donors (Lipinski definition) is 1. The molecule has 1 unspecified atom stereocenters. The number of carbonyl (C=O) groups excluding carboxylic acids is 1. The summed E-state index contributed by atoms with van der Waals surface area (Å²) < 4.78 is 42.2. The van der Waals surface area contributed by atoms with Gasteiger partial charge in [0.25, 0.3) is 0 Å². The first-order valence-corrected chi connectivity index (χ1v) is 9.16. The van der Waals surface area contributed by atoms with Gasteiger partial charge in [-0.05, 0) is 48.7 Å². The summed E-state index contributed by atoms with van der Waals surface area (Å²) in [6, 6.07) is 1.46. The van der Waals surface area contributed by atoms with Crippen LogP contribution >= 0.6 is 15.9 Å². The lowest BCUT2D eigenvalue weighted by atomic mass is 10.2. The standard InChI is InChI=1S/C16H19BrF3N5O/c1-3-24-7-6-11(22-24)9(2)21-12(26)8-25-14(10-4-5-10)13(17)15(23-25)16(18,19)20/h6-7,9-10H,3-5,8H2,1-2H3,(H,21,26). The van der Waals surface area contributed by atoms with Gasteiger partial charge in [0.2, 0.25) is 5.91 Å². The summed E-state index contributed by atoms with van der Waals surface area (Å²) in [4.78, 5) is 12.3. The summed E-state index contributed by atoms with van der Waals surface area (Å²) in [5.74, 6) is -0.396. The quantitative estimate of drug-likeness (QED) is 0.756. The summed E-state index contributed by atoms with van der Waals surface area (Å²) in [6.07, 6.45) is -1.16. The van der Waals surface area contributed by atoms with Gasteiger partial charge < -0.3 is 5.32 Å². The molecule has 0 bridgehead atoms. The van der Waals surface area contributed by atoms with E-state index in [0.29, 0.717) is 17.9 Å². The zero-order valence-corrected chi connectivity index (χ0v) is 15.9. The van der Waals surface area contributed by atoms with Crippen molar-refractivity contribution in [2.45, 2.75) is 57.9 Å². The lowest BCUT2D eigenvalue weighted by Gasteiger charge is -2.13. The molecule has 0 spiro atoms. The Bertz CT molecular complexity index is 809. The van der Waals surface area contributed by atoms with Crippen molar-refractivity contribution in [1.82, 2.24) is 24.9 Å². The van der Waals surface area contributed by atoms with Crippen molar-refractivity contribution in [2.24, 2.45) is 0 Å². The van der Waals surface area contributed by atoms with Gasteiger partial charge in [-0.3, -0.25) is 14.2 Å². The third-order valence-electron chi connectivity index (χ3n) is 4.26. The van der Waals surface area contributed by atoms with Crippen molar-refractivity contribution in [3.8, 4) is 0 Å².